The van der Waals surface area contributed by atoms with Crippen LogP contribution in [0.15, 0.2) is 60.7 Å². The maximum atomic E-state index is 13.5. The lowest BCUT2D eigenvalue weighted by molar-refractivity contribution is 0.102. The Morgan fingerprint density at radius 1 is 1.12 bits per heavy atom. The van der Waals surface area contributed by atoms with Crippen molar-refractivity contribution in [2.24, 2.45) is 0 Å². The van der Waals surface area contributed by atoms with Crippen molar-refractivity contribution in [3.63, 3.8) is 0 Å². The molecule has 1 aliphatic rings. The Balaban J connectivity index is 1.68. The van der Waals surface area contributed by atoms with E-state index in [9.17, 15) is 13.2 Å². The summed E-state index contributed by atoms with van der Waals surface area (Å²) < 4.78 is 31.4. The number of methoxy groups -OCH3 is 1. The van der Waals surface area contributed by atoms with E-state index in [0.717, 1.165) is 5.56 Å². The molecule has 174 valence electrons. The number of anilines is 1. The number of amides is 1. The van der Waals surface area contributed by atoms with Crippen molar-refractivity contribution < 1.29 is 17.9 Å². The highest BCUT2D eigenvalue weighted by molar-refractivity contribution is 7.91. The molecule has 1 saturated heterocycles. The zero-order chi connectivity index (χ0) is 23.9. The number of hydrogen-bond donors (Lipinski definition) is 1. The molecule has 4 aromatic rings. The first-order valence-corrected chi connectivity index (χ1v) is 12.8. The van der Waals surface area contributed by atoms with Gasteiger partial charge in [0.1, 0.15) is 5.75 Å². The van der Waals surface area contributed by atoms with Crippen LogP contribution in [0.1, 0.15) is 28.5 Å². The molecule has 2 aromatic carbocycles. The van der Waals surface area contributed by atoms with Gasteiger partial charge < -0.3 is 10.1 Å². The molecule has 0 saturated carbocycles. The number of aromatic nitrogens is 3. The Labute approximate surface area is 197 Å². The summed E-state index contributed by atoms with van der Waals surface area (Å²) >= 11 is 0. The minimum Gasteiger partial charge on any atom is -0.495 e. The lowest BCUT2D eigenvalue weighted by atomic mass is 10.0. The van der Waals surface area contributed by atoms with E-state index in [1.165, 1.54) is 0 Å². The van der Waals surface area contributed by atoms with Crippen LogP contribution < -0.4 is 10.1 Å². The quantitative estimate of drug-likeness (QED) is 0.467. The molecule has 0 spiro atoms. The predicted octanol–water partition coefficient (Wildman–Crippen LogP) is 4.03. The van der Waals surface area contributed by atoms with Crippen LogP contribution in [-0.2, 0) is 9.84 Å². The van der Waals surface area contributed by atoms with Gasteiger partial charge in [0.05, 0.1) is 52.7 Å². The fraction of sp³-hybridized carbons (Fsp3) is 0.240. The monoisotopic (exact) mass is 476 g/mol. The first-order valence-electron chi connectivity index (χ1n) is 11.0. The van der Waals surface area contributed by atoms with Gasteiger partial charge in [0.25, 0.3) is 5.91 Å². The third-order valence-corrected chi connectivity index (χ3v) is 7.81. The average Bonchev–Trinajstić information content (AvgIpc) is 3.38. The fourth-order valence-electron chi connectivity index (χ4n) is 4.41. The summed E-state index contributed by atoms with van der Waals surface area (Å²) in [5.41, 5.74) is 3.55. The molecule has 1 aliphatic heterocycles. The number of aryl methyl sites for hydroxylation is 1. The van der Waals surface area contributed by atoms with Gasteiger partial charge >= 0.3 is 0 Å². The molecule has 2 aromatic heterocycles. The highest BCUT2D eigenvalue weighted by Crippen LogP contribution is 2.33. The fourth-order valence-corrected chi connectivity index (χ4v) is 6.10. The number of rotatable bonds is 5. The van der Waals surface area contributed by atoms with Gasteiger partial charge in [0.2, 0.25) is 0 Å². The number of sulfone groups is 1. The van der Waals surface area contributed by atoms with Crippen LogP contribution in [0.5, 0.6) is 5.75 Å². The molecule has 34 heavy (non-hydrogen) atoms. The van der Waals surface area contributed by atoms with Gasteiger partial charge in [0.15, 0.2) is 15.5 Å². The van der Waals surface area contributed by atoms with Crippen LogP contribution >= 0.6 is 0 Å². The second-order valence-corrected chi connectivity index (χ2v) is 10.6. The van der Waals surface area contributed by atoms with Crippen LogP contribution in [0.25, 0.3) is 22.3 Å². The summed E-state index contributed by atoms with van der Waals surface area (Å²) in [6, 6.07) is 18.2. The van der Waals surface area contributed by atoms with Crippen LogP contribution in [0, 0.1) is 6.92 Å². The van der Waals surface area contributed by atoms with Gasteiger partial charge in [-0.2, -0.15) is 5.10 Å². The van der Waals surface area contributed by atoms with E-state index in [-0.39, 0.29) is 23.5 Å². The van der Waals surface area contributed by atoms with E-state index >= 15 is 0 Å². The van der Waals surface area contributed by atoms with Gasteiger partial charge in [-0.15, -0.1) is 0 Å². The molecule has 1 unspecified atom stereocenters. The summed E-state index contributed by atoms with van der Waals surface area (Å²) in [6.07, 6.45) is 0.471. The lowest BCUT2D eigenvalue weighted by Gasteiger charge is -2.13. The maximum absolute atomic E-state index is 13.5. The van der Waals surface area contributed by atoms with Crippen LogP contribution in [0.4, 0.5) is 5.69 Å². The van der Waals surface area contributed by atoms with Crippen molar-refractivity contribution in [1.29, 1.82) is 0 Å². The number of carbonyl (C=O) groups is 1. The summed E-state index contributed by atoms with van der Waals surface area (Å²) in [7, 11) is -1.57. The number of hydrogen-bond acceptors (Lipinski definition) is 6. The van der Waals surface area contributed by atoms with Gasteiger partial charge in [-0.25, -0.2) is 18.1 Å². The molecule has 0 radical (unpaired) electrons. The maximum Gasteiger partial charge on any atom is 0.256 e. The molecule has 1 N–H and O–H groups in total. The second-order valence-electron chi connectivity index (χ2n) is 8.36. The van der Waals surface area contributed by atoms with E-state index in [1.807, 2.05) is 49.4 Å². The zero-order valence-corrected chi connectivity index (χ0v) is 19.7. The molecule has 8 nitrogen and oxygen atoms in total. The normalized spacial score (nSPS) is 17.1. The van der Waals surface area contributed by atoms with E-state index in [0.29, 0.717) is 45.8 Å². The summed E-state index contributed by atoms with van der Waals surface area (Å²) in [6.45, 7) is 1.81. The third-order valence-electron chi connectivity index (χ3n) is 6.06. The Morgan fingerprint density at radius 3 is 2.56 bits per heavy atom. The van der Waals surface area contributed by atoms with Crippen molar-refractivity contribution >= 4 is 32.5 Å². The predicted molar refractivity (Wildman–Crippen MR) is 131 cm³/mol. The number of para-hydroxylation sites is 2. The van der Waals surface area contributed by atoms with Gasteiger partial charge in [-0.05, 0) is 31.5 Å². The molecule has 0 bridgehead atoms. The van der Waals surface area contributed by atoms with E-state index in [4.69, 9.17) is 9.72 Å². The Bertz CT molecular complexity index is 1500. The number of benzene rings is 2. The van der Waals surface area contributed by atoms with E-state index in [2.05, 4.69) is 10.4 Å². The molecule has 1 atom stereocenters. The number of pyridine rings is 1. The van der Waals surface area contributed by atoms with Crippen molar-refractivity contribution in [3.05, 3.63) is 71.9 Å². The van der Waals surface area contributed by atoms with Crippen LogP contribution in [0.3, 0.4) is 0 Å². The van der Waals surface area contributed by atoms with Crippen LogP contribution in [-0.4, -0.2) is 47.7 Å². The number of nitrogens with one attached hydrogen (secondary N) is 1. The van der Waals surface area contributed by atoms with Crippen LogP contribution in [0.2, 0.25) is 0 Å². The molecule has 3 heterocycles. The van der Waals surface area contributed by atoms with Crippen molar-refractivity contribution in [2.75, 3.05) is 23.9 Å². The van der Waals surface area contributed by atoms with Gasteiger partial charge in [-0.1, -0.05) is 42.5 Å². The molecule has 0 aliphatic carbocycles. The van der Waals surface area contributed by atoms with E-state index < -0.39 is 9.84 Å². The Morgan fingerprint density at radius 2 is 1.85 bits per heavy atom. The molecular weight excluding hydrogens is 452 g/mol. The number of ether oxygens (including phenoxy) is 1. The standard InChI is InChI=1S/C25H24N4O4S/c1-16-23-19(25(30)27-20-10-6-7-11-22(20)33-2)14-21(17-8-4-3-5-9-17)26-24(23)29(28-16)18-12-13-34(31,32)15-18/h3-11,14,18H,12-13,15H2,1-2H3,(H,27,30). The first kappa shape index (κ1) is 22.1. The third kappa shape index (κ3) is 4.03. The van der Waals surface area contributed by atoms with Gasteiger partial charge in [0, 0.05) is 5.56 Å². The Kier molecular flexibility index (Phi) is 5.57. The van der Waals surface area contributed by atoms with E-state index in [1.54, 1.807) is 30.0 Å². The van der Waals surface area contributed by atoms with Crippen molar-refractivity contribution in [3.8, 4) is 17.0 Å². The molecule has 1 amide bonds. The topological polar surface area (TPSA) is 103 Å². The Hall–Kier alpha value is -3.72. The SMILES string of the molecule is COc1ccccc1NC(=O)c1cc(-c2ccccc2)nc2c1c(C)nn2C1CCS(=O)(=O)C1. The number of fused-ring (bicyclic) bond motifs is 1. The first-order chi connectivity index (χ1) is 16.4. The highest BCUT2D eigenvalue weighted by atomic mass is 32.2. The summed E-state index contributed by atoms with van der Waals surface area (Å²) in [4.78, 5) is 18.4. The lowest BCUT2D eigenvalue weighted by Crippen LogP contribution is -2.15. The molecule has 1 fully saturated rings. The largest absolute Gasteiger partial charge is 0.495 e. The second kappa shape index (κ2) is 8.57. The smallest absolute Gasteiger partial charge is 0.256 e. The molecular formula is C25H24N4O4S. The number of carbonyl (C=O) groups excluding carboxylic acids is 1. The minimum absolute atomic E-state index is 0.0171. The summed E-state index contributed by atoms with van der Waals surface area (Å²) in [5, 5.41) is 8.19. The number of nitrogens with zero attached hydrogens (tertiary/aromatic N) is 3. The molecule has 9 heteroatoms. The minimum atomic E-state index is -3.12. The summed E-state index contributed by atoms with van der Waals surface area (Å²) in [5.74, 6) is 0.365. The molecule has 5 rings (SSSR count). The van der Waals surface area contributed by atoms with Crippen molar-refractivity contribution in [2.45, 2.75) is 19.4 Å². The average molecular weight is 477 g/mol. The zero-order valence-electron chi connectivity index (χ0n) is 18.9. The van der Waals surface area contributed by atoms with Gasteiger partial charge in [-0.3, -0.25) is 4.79 Å². The highest BCUT2D eigenvalue weighted by Gasteiger charge is 2.32. The van der Waals surface area contributed by atoms with Crippen molar-refractivity contribution in [1.82, 2.24) is 14.8 Å².